The molecule has 2 aromatic rings. The van der Waals surface area contributed by atoms with Crippen LogP contribution in [0.25, 0.3) is 10.2 Å². The lowest BCUT2D eigenvalue weighted by atomic mass is 10.2. The number of ether oxygens (including phenoxy) is 1. The van der Waals surface area contributed by atoms with Crippen LogP contribution in [0.4, 0.5) is 5.82 Å². The third-order valence-corrected chi connectivity index (χ3v) is 5.79. The minimum atomic E-state index is -0.119. The van der Waals surface area contributed by atoms with Gasteiger partial charge in [-0.25, -0.2) is 9.97 Å². The number of hydrogen-bond acceptors (Lipinski definition) is 7. The summed E-state index contributed by atoms with van der Waals surface area (Å²) in [6.45, 7) is 5.19. The van der Waals surface area contributed by atoms with Crippen molar-refractivity contribution in [3.63, 3.8) is 0 Å². The van der Waals surface area contributed by atoms with Gasteiger partial charge in [-0.3, -0.25) is 9.59 Å². The number of nitrogens with zero attached hydrogens (tertiary/aromatic N) is 3. The molecule has 0 radical (unpaired) electrons. The topological polar surface area (TPSA) is 96.4 Å². The Balaban J connectivity index is 1.65. The number of fused-ring (bicyclic) bond motifs is 1. The van der Waals surface area contributed by atoms with E-state index >= 15 is 0 Å². The summed E-state index contributed by atoms with van der Waals surface area (Å²) in [6.07, 6.45) is 3.99. The van der Waals surface area contributed by atoms with Gasteiger partial charge in [0.25, 0.3) is 5.91 Å². The molecule has 1 fully saturated rings. The predicted octanol–water partition coefficient (Wildman–Crippen LogP) is 1.80. The number of hydrogen-bond donors (Lipinski definition) is 2. The van der Waals surface area contributed by atoms with Gasteiger partial charge in [0.2, 0.25) is 5.91 Å². The van der Waals surface area contributed by atoms with Crippen molar-refractivity contribution in [3.8, 4) is 0 Å². The Morgan fingerprint density at radius 1 is 1.37 bits per heavy atom. The largest absolute Gasteiger partial charge is 0.383 e. The summed E-state index contributed by atoms with van der Waals surface area (Å²) < 4.78 is 4.97. The van der Waals surface area contributed by atoms with Gasteiger partial charge in [-0.1, -0.05) is 0 Å². The first-order chi connectivity index (χ1) is 13.1. The van der Waals surface area contributed by atoms with Crippen molar-refractivity contribution < 1.29 is 14.3 Å². The van der Waals surface area contributed by atoms with Gasteiger partial charge in [0.05, 0.1) is 16.9 Å². The van der Waals surface area contributed by atoms with E-state index in [2.05, 4.69) is 20.6 Å². The van der Waals surface area contributed by atoms with Gasteiger partial charge < -0.3 is 20.3 Å². The van der Waals surface area contributed by atoms with Crippen LogP contribution in [-0.4, -0.2) is 66.6 Å². The summed E-state index contributed by atoms with van der Waals surface area (Å²) in [4.78, 5) is 36.1. The molecule has 0 aliphatic carbocycles. The van der Waals surface area contributed by atoms with Gasteiger partial charge >= 0.3 is 0 Å². The number of amides is 2. The molecule has 2 aromatic heterocycles. The molecular weight excluding hydrogens is 366 g/mol. The molecule has 0 saturated carbocycles. The normalized spacial score (nSPS) is 14.1. The zero-order valence-corrected chi connectivity index (χ0v) is 16.5. The van der Waals surface area contributed by atoms with Crippen LogP contribution in [0.3, 0.4) is 0 Å². The number of thiophene rings is 1. The summed E-state index contributed by atoms with van der Waals surface area (Å²) >= 11 is 1.37. The molecule has 8 nitrogen and oxygen atoms in total. The molecule has 0 unspecified atom stereocenters. The van der Waals surface area contributed by atoms with Gasteiger partial charge in [0.1, 0.15) is 17.0 Å². The first-order valence-electron chi connectivity index (χ1n) is 9.14. The summed E-state index contributed by atoms with van der Waals surface area (Å²) in [7, 11) is 1.60. The Morgan fingerprint density at radius 2 is 2.22 bits per heavy atom. The number of carbonyl (C=O) groups excluding carboxylic acids is 2. The van der Waals surface area contributed by atoms with E-state index in [0.717, 1.165) is 47.5 Å². The van der Waals surface area contributed by atoms with Crippen LogP contribution in [0.15, 0.2) is 6.33 Å². The van der Waals surface area contributed by atoms with Crippen LogP contribution in [-0.2, 0) is 9.53 Å². The molecular formula is C18H25N5O3S. The standard InChI is InChI=1S/C18H25N5O3S/c1-12-14-16(19-6-4-9-23-8-3-5-13(23)24)21-11-22-18(14)27-15(12)17(25)20-7-10-26-2/h11H,3-10H2,1-2H3,(H,20,25)(H,19,21,22). The van der Waals surface area contributed by atoms with E-state index in [1.807, 2.05) is 11.8 Å². The third-order valence-electron chi connectivity index (χ3n) is 4.59. The molecule has 0 bridgehead atoms. The van der Waals surface area contributed by atoms with E-state index in [-0.39, 0.29) is 11.8 Å². The van der Waals surface area contributed by atoms with Crippen LogP contribution in [0.2, 0.25) is 0 Å². The second kappa shape index (κ2) is 9.09. The molecule has 2 N–H and O–H groups in total. The van der Waals surface area contributed by atoms with E-state index in [4.69, 9.17) is 4.74 Å². The molecule has 1 aliphatic rings. The molecule has 0 spiro atoms. The molecule has 146 valence electrons. The minimum absolute atomic E-state index is 0.119. The molecule has 1 aliphatic heterocycles. The fraction of sp³-hybridized carbons (Fsp3) is 0.556. The monoisotopic (exact) mass is 391 g/mol. The van der Waals surface area contributed by atoms with Crippen LogP contribution < -0.4 is 10.6 Å². The van der Waals surface area contributed by atoms with Gasteiger partial charge in [-0.05, 0) is 25.3 Å². The number of nitrogens with one attached hydrogen (secondary N) is 2. The van der Waals surface area contributed by atoms with E-state index in [9.17, 15) is 9.59 Å². The molecule has 0 aromatic carbocycles. The van der Waals surface area contributed by atoms with Crippen molar-refractivity contribution in [1.82, 2.24) is 20.2 Å². The minimum Gasteiger partial charge on any atom is -0.383 e. The maximum atomic E-state index is 12.4. The Kier molecular flexibility index (Phi) is 6.57. The first-order valence-corrected chi connectivity index (χ1v) is 9.96. The van der Waals surface area contributed by atoms with E-state index in [1.165, 1.54) is 17.7 Å². The number of rotatable bonds is 9. The van der Waals surface area contributed by atoms with E-state index < -0.39 is 0 Å². The number of methoxy groups -OCH3 is 1. The highest BCUT2D eigenvalue weighted by atomic mass is 32.1. The van der Waals surface area contributed by atoms with Crippen LogP contribution in [0, 0.1) is 6.92 Å². The number of anilines is 1. The molecule has 3 heterocycles. The highest BCUT2D eigenvalue weighted by Gasteiger charge is 2.20. The lowest BCUT2D eigenvalue weighted by Gasteiger charge is -2.15. The van der Waals surface area contributed by atoms with Crippen LogP contribution in [0.5, 0.6) is 0 Å². The molecule has 1 saturated heterocycles. The Morgan fingerprint density at radius 3 is 2.96 bits per heavy atom. The fourth-order valence-corrected chi connectivity index (χ4v) is 4.25. The first kappa shape index (κ1) is 19.5. The molecule has 9 heteroatoms. The van der Waals surface area contributed by atoms with Crippen molar-refractivity contribution in [1.29, 1.82) is 0 Å². The second-order valence-electron chi connectivity index (χ2n) is 6.47. The zero-order valence-electron chi connectivity index (χ0n) is 15.7. The number of aryl methyl sites for hydroxylation is 1. The van der Waals surface area contributed by atoms with Gasteiger partial charge in [0.15, 0.2) is 0 Å². The molecule has 27 heavy (non-hydrogen) atoms. The van der Waals surface area contributed by atoms with Gasteiger partial charge in [-0.2, -0.15) is 0 Å². The molecule has 3 rings (SSSR count). The van der Waals surface area contributed by atoms with Crippen molar-refractivity contribution in [2.24, 2.45) is 0 Å². The molecule has 2 amide bonds. The number of aromatic nitrogens is 2. The lowest BCUT2D eigenvalue weighted by molar-refractivity contribution is -0.127. The molecule has 0 atom stereocenters. The van der Waals surface area contributed by atoms with Crippen molar-refractivity contribution >= 4 is 39.2 Å². The summed E-state index contributed by atoms with van der Waals surface area (Å²) in [5.74, 6) is 0.862. The van der Waals surface area contributed by atoms with E-state index in [1.54, 1.807) is 7.11 Å². The lowest BCUT2D eigenvalue weighted by Crippen LogP contribution is -2.27. The van der Waals surface area contributed by atoms with E-state index in [0.29, 0.717) is 31.0 Å². The fourth-order valence-electron chi connectivity index (χ4n) is 3.19. The highest BCUT2D eigenvalue weighted by Crippen LogP contribution is 2.33. The number of carbonyl (C=O) groups is 2. The Bertz CT molecular complexity index is 823. The number of likely N-dealkylation sites (tertiary alicyclic amines) is 1. The quantitative estimate of drug-likeness (QED) is 0.633. The van der Waals surface area contributed by atoms with Gasteiger partial charge in [0, 0.05) is 39.7 Å². The van der Waals surface area contributed by atoms with Crippen molar-refractivity contribution in [3.05, 3.63) is 16.8 Å². The van der Waals surface area contributed by atoms with Crippen molar-refractivity contribution in [2.75, 3.05) is 45.2 Å². The average molecular weight is 391 g/mol. The Hall–Kier alpha value is -2.26. The highest BCUT2D eigenvalue weighted by molar-refractivity contribution is 7.20. The summed E-state index contributed by atoms with van der Waals surface area (Å²) in [5.41, 5.74) is 0.878. The second-order valence-corrected chi connectivity index (χ2v) is 7.47. The zero-order chi connectivity index (χ0) is 19.2. The van der Waals surface area contributed by atoms with Crippen LogP contribution >= 0.6 is 11.3 Å². The summed E-state index contributed by atoms with van der Waals surface area (Å²) in [5, 5.41) is 7.07. The SMILES string of the molecule is COCCNC(=O)c1sc2ncnc(NCCCN3CCCC3=O)c2c1C. The van der Waals surface area contributed by atoms with Gasteiger partial charge in [-0.15, -0.1) is 11.3 Å². The maximum Gasteiger partial charge on any atom is 0.261 e. The summed E-state index contributed by atoms with van der Waals surface area (Å²) in [6, 6.07) is 0. The average Bonchev–Trinajstić information content (AvgIpc) is 3.22. The van der Waals surface area contributed by atoms with Crippen LogP contribution in [0.1, 0.15) is 34.5 Å². The Labute approximate surface area is 162 Å². The third kappa shape index (κ3) is 4.54. The smallest absolute Gasteiger partial charge is 0.261 e. The maximum absolute atomic E-state index is 12.4. The predicted molar refractivity (Wildman–Crippen MR) is 105 cm³/mol. The van der Waals surface area contributed by atoms with Crippen molar-refractivity contribution in [2.45, 2.75) is 26.2 Å².